The molecule has 0 spiro atoms. The number of fused-ring (bicyclic) bond motifs is 1. The van der Waals surface area contributed by atoms with Gasteiger partial charge in [0.1, 0.15) is 0 Å². The maximum Gasteiger partial charge on any atom is 0.337 e. The fraction of sp³-hybridized carbons (Fsp3) is 0.500. The van der Waals surface area contributed by atoms with Gasteiger partial charge in [-0.2, -0.15) is 0 Å². The van der Waals surface area contributed by atoms with Gasteiger partial charge in [0.25, 0.3) is 11.5 Å². The third-order valence-electron chi connectivity index (χ3n) is 7.56. The first-order valence-electron chi connectivity index (χ1n) is 13.4. The molecule has 37 heavy (non-hydrogen) atoms. The first kappa shape index (κ1) is 25.4. The molecule has 196 valence electrons. The molecule has 0 aliphatic carbocycles. The Morgan fingerprint density at radius 1 is 0.919 bits per heavy atom. The molecule has 0 bridgehead atoms. The Kier molecular flexibility index (Phi) is 7.53. The number of unbranched alkanes of at least 4 members (excludes halogenated alkanes) is 1. The molecule has 2 aliphatic heterocycles. The Morgan fingerprint density at radius 3 is 2.30 bits per heavy atom. The molecule has 0 N–H and O–H groups in total. The van der Waals surface area contributed by atoms with Gasteiger partial charge in [-0.1, -0.05) is 18.2 Å². The van der Waals surface area contributed by atoms with Crippen LogP contribution in [-0.4, -0.2) is 87.6 Å². The number of likely N-dealkylation sites (N-methyl/N-ethyl adjacent to an activating group) is 1. The Morgan fingerprint density at radius 2 is 1.59 bits per heavy atom. The zero-order valence-corrected chi connectivity index (χ0v) is 21.9. The monoisotopic (exact) mass is 504 g/mol. The van der Waals surface area contributed by atoms with Crippen molar-refractivity contribution in [3.8, 4) is 5.69 Å². The van der Waals surface area contributed by atoms with E-state index >= 15 is 0 Å². The van der Waals surface area contributed by atoms with Gasteiger partial charge in [-0.3, -0.25) is 14.2 Å². The fourth-order valence-electron chi connectivity index (χ4n) is 5.42. The second kappa shape index (κ2) is 11.0. The van der Waals surface area contributed by atoms with Gasteiger partial charge in [0.05, 0.1) is 16.6 Å². The van der Waals surface area contributed by atoms with Crippen molar-refractivity contribution in [2.45, 2.75) is 39.2 Å². The SMILES string of the molecule is Cc1cc(C(=O)N2CCCC2)c2c(=O)n(-c3ccccc3)c(=O)n(CCCCN3CCN(C)CC3)c2n1. The number of piperazine rings is 1. The molecule has 0 radical (unpaired) electrons. The lowest BCUT2D eigenvalue weighted by molar-refractivity contribution is 0.0794. The number of likely N-dealkylation sites (tertiary alicyclic amines) is 1. The lowest BCUT2D eigenvalue weighted by Crippen LogP contribution is -2.44. The van der Waals surface area contributed by atoms with Gasteiger partial charge in [0.2, 0.25) is 0 Å². The van der Waals surface area contributed by atoms with Crippen molar-refractivity contribution in [1.82, 2.24) is 28.8 Å². The minimum absolute atomic E-state index is 0.162. The Bertz CT molecular complexity index is 1380. The van der Waals surface area contributed by atoms with Crippen molar-refractivity contribution in [1.29, 1.82) is 0 Å². The minimum atomic E-state index is -0.491. The Balaban J connectivity index is 1.55. The molecule has 0 atom stereocenters. The number of nitrogens with zero attached hydrogens (tertiary/aromatic N) is 6. The highest BCUT2D eigenvalue weighted by Crippen LogP contribution is 2.20. The summed E-state index contributed by atoms with van der Waals surface area (Å²) in [6, 6.07) is 10.6. The largest absolute Gasteiger partial charge is 0.339 e. The summed E-state index contributed by atoms with van der Waals surface area (Å²) in [5, 5.41) is 0.227. The van der Waals surface area contributed by atoms with E-state index in [9.17, 15) is 14.4 Å². The summed E-state index contributed by atoms with van der Waals surface area (Å²) >= 11 is 0. The zero-order chi connectivity index (χ0) is 25.9. The summed E-state index contributed by atoms with van der Waals surface area (Å²) in [4.78, 5) is 52.4. The van der Waals surface area contributed by atoms with Crippen molar-refractivity contribution in [3.05, 3.63) is 68.5 Å². The lowest BCUT2D eigenvalue weighted by atomic mass is 10.1. The molecule has 2 aromatic heterocycles. The molecular weight excluding hydrogens is 468 g/mol. The summed E-state index contributed by atoms with van der Waals surface area (Å²) in [7, 11) is 2.15. The zero-order valence-electron chi connectivity index (χ0n) is 21.9. The van der Waals surface area contributed by atoms with E-state index < -0.39 is 11.2 Å². The summed E-state index contributed by atoms with van der Waals surface area (Å²) < 4.78 is 2.79. The molecule has 9 nitrogen and oxygen atoms in total. The number of hydrogen-bond acceptors (Lipinski definition) is 6. The summed E-state index contributed by atoms with van der Waals surface area (Å²) in [5.74, 6) is -0.162. The van der Waals surface area contributed by atoms with Gasteiger partial charge < -0.3 is 14.7 Å². The van der Waals surface area contributed by atoms with E-state index in [1.807, 2.05) is 13.0 Å². The van der Waals surface area contributed by atoms with Crippen LogP contribution in [0.5, 0.6) is 0 Å². The van der Waals surface area contributed by atoms with Gasteiger partial charge in [-0.15, -0.1) is 0 Å². The van der Waals surface area contributed by atoms with E-state index in [4.69, 9.17) is 0 Å². The van der Waals surface area contributed by atoms with Crippen LogP contribution in [0.2, 0.25) is 0 Å². The number of pyridine rings is 1. The fourth-order valence-corrected chi connectivity index (χ4v) is 5.42. The maximum absolute atomic E-state index is 13.8. The van der Waals surface area contributed by atoms with E-state index in [1.165, 1.54) is 4.57 Å². The molecule has 5 rings (SSSR count). The van der Waals surface area contributed by atoms with E-state index in [2.05, 4.69) is 21.8 Å². The number of hydrogen-bond donors (Lipinski definition) is 0. The quantitative estimate of drug-likeness (QED) is 0.459. The summed E-state index contributed by atoms with van der Waals surface area (Å²) in [5.41, 5.74) is 0.855. The van der Waals surface area contributed by atoms with E-state index in [0.29, 0.717) is 42.2 Å². The minimum Gasteiger partial charge on any atom is -0.339 e. The van der Waals surface area contributed by atoms with Crippen LogP contribution in [0, 0.1) is 6.92 Å². The highest BCUT2D eigenvalue weighted by atomic mass is 16.2. The predicted molar refractivity (Wildman–Crippen MR) is 145 cm³/mol. The van der Waals surface area contributed by atoms with Crippen LogP contribution in [0.15, 0.2) is 46.0 Å². The van der Waals surface area contributed by atoms with Crippen molar-refractivity contribution >= 4 is 16.9 Å². The first-order valence-corrected chi connectivity index (χ1v) is 13.4. The summed E-state index contributed by atoms with van der Waals surface area (Å²) in [6.07, 6.45) is 3.63. The van der Waals surface area contributed by atoms with Crippen LogP contribution in [0.3, 0.4) is 0 Å². The topological polar surface area (TPSA) is 83.7 Å². The number of rotatable bonds is 7. The lowest BCUT2D eigenvalue weighted by Gasteiger charge is -2.32. The van der Waals surface area contributed by atoms with Gasteiger partial charge in [-0.05, 0) is 64.4 Å². The van der Waals surface area contributed by atoms with Crippen molar-refractivity contribution < 1.29 is 4.79 Å². The number of aryl methyl sites for hydroxylation is 2. The number of carbonyl (C=O) groups is 1. The van der Waals surface area contributed by atoms with Crippen LogP contribution in [0.4, 0.5) is 0 Å². The van der Waals surface area contributed by atoms with E-state index in [1.54, 1.807) is 39.8 Å². The number of carbonyl (C=O) groups excluding carboxylic acids is 1. The molecule has 1 aromatic carbocycles. The van der Waals surface area contributed by atoms with E-state index in [0.717, 1.165) is 58.4 Å². The van der Waals surface area contributed by atoms with Crippen LogP contribution >= 0.6 is 0 Å². The second-order valence-electron chi connectivity index (χ2n) is 10.3. The Hall–Kier alpha value is -3.30. The number of benzene rings is 1. The van der Waals surface area contributed by atoms with Crippen LogP contribution < -0.4 is 11.2 Å². The number of amides is 1. The van der Waals surface area contributed by atoms with Crippen LogP contribution in [0.25, 0.3) is 16.7 Å². The molecule has 2 aliphatic rings. The molecule has 2 fully saturated rings. The van der Waals surface area contributed by atoms with Crippen LogP contribution in [-0.2, 0) is 6.54 Å². The van der Waals surface area contributed by atoms with Crippen molar-refractivity contribution in [3.63, 3.8) is 0 Å². The molecule has 4 heterocycles. The molecule has 3 aromatic rings. The third kappa shape index (κ3) is 5.24. The van der Waals surface area contributed by atoms with E-state index in [-0.39, 0.29) is 11.3 Å². The number of aromatic nitrogens is 3. The smallest absolute Gasteiger partial charge is 0.337 e. The second-order valence-corrected chi connectivity index (χ2v) is 10.3. The van der Waals surface area contributed by atoms with Gasteiger partial charge in [0, 0.05) is 51.5 Å². The number of para-hydroxylation sites is 1. The molecule has 0 unspecified atom stereocenters. The molecule has 9 heteroatoms. The Labute approximate surface area is 216 Å². The molecular formula is C28H36N6O3. The standard InChI is InChI=1S/C28H36N6O3/c1-21-20-23(26(35)32-13-7-8-14-32)24-25(29-21)33(15-9-6-12-31-18-16-30(2)17-19-31)28(37)34(27(24)36)22-10-4-3-5-11-22/h3-5,10-11,20H,6-9,12-19H2,1-2H3. The summed E-state index contributed by atoms with van der Waals surface area (Å²) in [6.45, 7) is 8.84. The average Bonchev–Trinajstić information content (AvgIpc) is 3.44. The highest BCUT2D eigenvalue weighted by Gasteiger charge is 2.26. The normalized spacial score (nSPS) is 17.1. The molecule has 0 saturated carbocycles. The van der Waals surface area contributed by atoms with Gasteiger partial charge in [0.15, 0.2) is 5.65 Å². The highest BCUT2D eigenvalue weighted by molar-refractivity contribution is 6.05. The first-order chi connectivity index (χ1) is 17.9. The molecule has 2 saturated heterocycles. The van der Waals surface area contributed by atoms with Gasteiger partial charge in [-0.25, -0.2) is 14.3 Å². The van der Waals surface area contributed by atoms with Crippen molar-refractivity contribution in [2.24, 2.45) is 0 Å². The molecule has 1 amide bonds. The van der Waals surface area contributed by atoms with Crippen LogP contribution in [0.1, 0.15) is 41.7 Å². The van der Waals surface area contributed by atoms with Crippen molar-refractivity contribution in [2.75, 3.05) is 52.9 Å². The maximum atomic E-state index is 13.8. The predicted octanol–water partition coefficient (Wildman–Crippen LogP) is 2.12. The van der Waals surface area contributed by atoms with Gasteiger partial charge >= 0.3 is 5.69 Å². The third-order valence-corrected chi connectivity index (χ3v) is 7.56. The average molecular weight is 505 g/mol.